The van der Waals surface area contributed by atoms with Crippen molar-refractivity contribution in [2.75, 3.05) is 33.2 Å². The summed E-state index contributed by atoms with van der Waals surface area (Å²) in [4.78, 5) is 104. The van der Waals surface area contributed by atoms with Crippen LogP contribution in [-0.4, -0.2) is 93.0 Å². The van der Waals surface area contributed by atoms with Gasteiger partial charge in [0.1, 0.15) is 0 Å². The molecule has 2 aliphatic heterocycles. The molecule has 2 aliphatic rings. The highest BCUT2D eigenvalue weighted by Gasteiger charge is 2.37. The van der Waals surface area contributed by atoms with Gasteiger partial charge in [-0.05, 0) is 57.2 Å². The molecule has 0 N–H and O–H groups in total. The van der Waals surface area contributed by atoms with Crippen LogP contribution in [0.15, 0.2) is 84.9 Å². The van der Waals surface area contributed by atoms with E-state index in [1.807, 2.05) is 11.9 Å². The molecular weight excluding hydrogens is 674 g/mol. The third-order valence-corrected chi connectivity index (χ3v) is 8.95. The normalized spacial score (nSPS) is 13.5. The first-order valence-corrected chi connectivity index (χ1v) is 16.1. The first-order valence-electron chi connectivity index (χ1n) is 16.1. The van der Waals surface area contributed by atoms with Gasteiger partial charge in [-0.3, -0.25) is 58.8 Å². The molecule has 0 bridgehead atoms. The van der Waals surface area contributed by atoms with Gasteiger partial charge in [-0.2, -0.15) is 0 Å². The van der Waals surface area contributed by atoms with Gasteiger partial charge in [-0.1, -0.05) is 36.4 Å². The van der Waals surface area contributed by atoms with Gasteiger partial charge in [-0.15, -0.1) is 0 Å². The molecule has 0 aliphatic carbocycles. The van der Waals surface area contributed by atoms with E-state index in [0.717, 1.165) is 21.9 Å². The first kappa shape index (κ1) is 35.1. The van der Waals surface area contributed by atoms with Crippen molar-refractivity contribution in [1.29, 1.82) is 0 Å². The fourth-order valence-corrected chi connectivity index (χ4v) is 6.23. The standard InChI is InChI=1S/C37H29N5O10/c1-38(14-4-16-39-34(45)28-12-10-24(20-30(28)36(39)47)32(43)22-6-2-8-26(18-22)41(49)50)15-5-17-40-35(46)29-13-11-25(21-31(29)37(40)48)33(44)23-7-3-9-27(19-23)42(51)52/h2-3,6-13,18-21H,4-5,14-17H2,1H3. The molecule has 4 aromatic rings. The second-order valence-corrected chi connectivity index (χ2v) is 12.3. The molecule has 4 aromatic carbocycles. The molecule has 0 unspecified atom stereocenters. The molecule has 2 heterocycles. The fourth-order valence-electron chi connectivity index (χ4n) is 6.23. The number of benzene rings is 4. The molecule has 4 amide bonds. The van der Waals surface area contributed by atoms with Crippen molar-refractivity contribution in [3.05, 3.63) is 150 Å². The largest absolute Gasteiger partial charge is 0.306 e. The summed E-state index contributed by atoms with van der Waals surface area (Å²) in [5.74, 6) is -3.11. The molecule has 0 saturated heterocycles. The Morgan fingerprint density at radius 1 is 0.558 bits per heavy atom. The van der Waals surface area contributed by atoms with Crippen LogP contribution in [0.5, 0.6) is 0 Å². The predicted molar refractivity (Wildman–Crippen MR) is 183 cm³/mol. The van der Waals surface area contributed by atoms with Gasteiger partial charge in [0, 0.05) is 59.6 Å². The maximum absolute atomic E-state index is 13.2. The number of imide groups is 2. The summed E-state index contributed by atoms with van der Waals surface area (Å²) < 4.78 is 0. The van der Waals surface area contributed by atoms with Crippen LogP contribution in [0.25, 0.3) is 0 Å². The van der Waals surface area contributed by atoms with Gasteiger partial charge in [0.15, 0.2) is 11.6 Å². The van der Waals surface area contributed by atoms with E-state index in [0.29, 0.717) is 25.9 Å². The summed E-state index contributed by atoms with van der Waals surface area (Å²) in [7, 11) is 1.82. The number of fused-ring (bicyclic) bond motifs is 2. The van der Waals surface area contributed by atoms with Crippen LogP contribution >= 0.6 is 0 Å². The highest BCUT2D eigenvalue weighted by Crippen LogP contribution is 2.28. The maximum Gasteiger partial charge on any atom is 0.270 e. The number of carbonyl (C=O) groups excluding carboxylic acids is 6. The van der Waals surface area contributed by atoms with Crippen LogP contribution < -0.4 is 0 Å². The highest BCUT2D eigenvalue weighted by atomic mass is 16.6. The van der Waals surface area contributed by atoms with E-state index in [4.69, 9.17) is 0 Å². The van der Waals surface area contributed by atoms with Gasteiger partial charge in [0.05, 0.1) is 32.1 Å². The number of hydrogen-bond donors (Lipinski definition) is 0. The van der Waals surface area contributed by atoms with Gasteiger partial charge in [0.25, 0.3) is 35.0 Å². The Bertz CT molecular complexity index is 2080. The Morgan fingerprint density at radius 2 is 0.923 bits per heavy atom. The molecule has 0 saturated carbocycles. The van der Waals surface area contributed by atoms with Gasteiger partial charge < -0.3 is 4.90 Å². The SMILES string of the molecule is CN(CCCN1C(=O)c2ccc(C(=O)c3cccc([N+](=O)[O-])c3)cc2C1=O)CCCN1C(=O)c2ccc(C(=O)c3cccc([N+](=O)[O-])c3)cc2C1=O. The van der Waals surface area contributed by atoms with Crippen molar-refractivity contribution >= 4 is 46.6 Å². The molecule has 15 nitrogen and oxygen atoms in total. The molecule has 0 aromatic heterocycles. The maximum atomic E-state index is 13.2. The van der Waals surface area contributed by atoms with Crippen molar-refractivity contribution in [3.8, 4) is 0 Å². The molecule has 262 valence electrons. The lowest BCUT2D eigenvalue weighted by Crippen LogP contribution is -2.34. The number of hydrogen-bond acceptors (Lipinski definition) is 11. The number of nitrogens with zero attached hydrogens (tertiary/aromatic N) is 5. The van der Waals surface area contributed by atoms with Crippen molar-refractivity contribution < 1.29 is 38.6 Å². The third-order valence-electron chi connectivity index (χ3n) is 8.95. The summed E-state index contributed by atoms with van der Waals surface area (Å²) >= 11 is 0. The summed E-state index contributed by atoms with van der Waals surface area (Å²) in [5.41, 5.74) is 0.389. The minimum Gasteiger partial charge on any atom is -0.306 e. The second-order valence-electron chi connectivity index (χ2n) is 12.3. The van der Waals surface area contributed by atoms with E-state index in [1.165, 1.54) is 72.8 Å². The van der Waals surface area contributed by atoms with Crippen LogP contribution in [0.3, 0.4) is 0 Å². The number of nitro groups is 2. The smallest absolute Gasteiger partial charge is 0.270 e. The first-order chi connectivity index (χ1) is 24.8. The summed E-state index contributed by atoms with van der Waals surface area (Å²) in [6, 6.07) is 18.8. The molecule has 52 heavy (non-hydrogen) atoms. The van der Waals surface area contributed by atoms with E-state index in [-0.39, 0.29) is 69.0 Å². The monoisotopic (exact) mass is 703 g/mol. The van der Waals surface area contributed by atoms with Gasteiger partial charge in [0.2, 0.25) is 0 Å². The predicted octanol–water partition coefficient (Wildman–Crippen LogP) is 4.57. The van der Waals surface area contributed by atoms with Crippen LogP contribution in [0.2, 0.25) is 0 Å². The van der Waals surface area contributed by atoms with Crippen molar-refractivity contribution in [1.82, 2.24) is 14.7 Å². The fraction of sp³-hybridized carbons (Fsp3) is 0.189. The van der Waals surface area contributed by atoms with E-state index < -0.39 is 45.0 Å². The number of carbonyl (C=O) groups is 6. The number of ketones is 2. The van der Waals surface area contributed by atoms with Crippen LogP contribution in [0.1, 0.15) is 86.1 Å². The zero-order valence-electron chi connectivity index (χ0n) is 27.6. The van der Waals surface area contributed by atoms with Crippen molar-refractivity contribution in [2.24, 2.45) is 0 Å². The molecule has 0 radical (unpaired) electrons. The second kappa shape index (κ2) is 14.2. The molecule has 6 rings (SSSR count). The molecule has 15 heteroatoms. The quantitative estimate of drug-likeness (QED) is 0.0772. The molecular formula is C37H29N5O10. The molecule has 0 fully saturated rings. The Morgan fingerprint density at radius 3 is 1.31 bits per heavy atom. The van der Waals surface area contributed by atoms with Crippen molar-refractivity contribution in [2.45, 2.75) is 12.8 Å². The topological polar surface area (TPSA) is 198 Å². The Kier molecular flexibility index (Phi) is 9.61. The average Bonchev–Trinajstić information content (AvgIpc) is 3.53. The van der Waals surface area contributed by atoms with Crippen LogP contribution in [0, 0.1) is 20.2 Å². The highest BCUT2D eigenvalue weighted by molar-refractivity contribution is 6.23. The van der Waals surface area contributed by atoms with Crippen LogP contribution in [0.4, 0.5) is 11.4 Å². The zero-order valence-corrected chi connectivity index (χ0v) is 27.6. The zero-order chi connectivity index (χ0) is 37.3. The Hall–Kier alpha value is -6.74. The third kappa shape index (κ3) is 6.72. The summed E-state index contributed by atoms with van der Waals surface area (Å²) in [6.45, 7) is 1.19. The molecule has 0 spiro atoms. The number of non-ortho nitro benzene ring substituents is 2. The van der Waals surface area contributed by atoms with Gasteiger partial charge >= 0.3 is 0 Å². The lowest BCUT2D eigenvalue weighted by Gasteiger charge is -2.20. The minimum absolute atomic E-state index is 0.0786. The lowest BCUT2D eigenvalue weighted by atomic mass is 9.99. The Balaban J connectivity index is 0.996. The van der Waals surface area contributed by atoms with E-state index in [9.17, 15) is 49.0 Å². The van der Waals surface area contributed by atoms with E-state index in [2.05, 4.69) is 0 Å². The van der Waals surface area contributed by atoms with E-state index >= 15 is 0 Å². The number of nitro benzene ring substituents is 2. The average molecular weight is 704 g/mol. The summed E-state index contributed by atoms with van der Waals surface area (Å²) in [6.07, 6.45) is 0.853. The Labute approximate surface area is 295 Å². The summed E-state index contributed by atoms with van der Waals surface area (Å²) in [5, 5.41) is 22.2. The molecule has 0 atom stereocenters. The van der Waals surface area contributed by atoms with E-state index in [1.54, 1.807) is 0 Å². The minimum atomic E-state index is -0.611. The van der Waals surface area contributed by atoms with Crippen LogP contribution in [-0.2, 0) is 0 Å². The number of amides is 4. The van der Waals surface area contributed by atoms with Crippen molar-refractivity contribution in [3.63, 3.8) is 0 Å². The van der Waals surface area contributed by atoms with Gasteiger partial charge in [-0.25, -0.2) is 0 Å². The lowest BCUT2D eigenvalue weighted by molar-refractivity contribution is -0.385. The number of rotatable bonds is 14.